The van der Waals surface area contributed by atoms with Crippen molar-refractivity contribution in [2.24, 2.45) is 0 Å². The third-order valence-electron chi connectivity index (χ3n) is 4.41. The molecule has 0 fully saturated rings. The quantitative estimate of drug-likeness (QED) is 0.593. The lowest BCUT2D eigenvalue weighted by Crippen LogP contribution is -2.44. The van der Waals surface area contributed by atoms with Crippen molar-refractivity contribution in [3.8, 4) is 0 Å². The molecule has 0 spiro atoms. The lowest BCUT2D eigenvalue weighted by molar-refractivity contribution is -0.150. The van der Waals surface area contributed by atoms with E-state index in [4.69, 9.17) is 4.74 Å². The molecule has 0 saturated heterocycles. The molecule has 10 heteroatoms. The molecule has 1 N–H and O–H groups in total. The molecule has 0 saturated carbocycles. The van der Waals surface area contributed by atoms with Crippen LogP contribution in [0.25, 0.3) is 0 Å². The van der Waals surface area contributed by atoms with Gasteiger partial charge < -0.3 is 10.1 Å². The van der Waals surface area contributed by atoms with Crippen LogP contribution in [0, 0.1) is 0 Å². The van der Waals surface area contributed by atoms with Crippen molar-refractivity contribution >= 4 is 29.4 Å². The number of imide groups is 1. The number of amides is 3. The molecule has 0 unspecified atom stereocenters. The van der Waals surface area contributed by atoms with Crippen LogP contribution in [0.1, 0.15) is 33.2 Å². The van der Waals surface area contributed by atoms with Crippen LogP contribution >= 0.6 is 0 Å². The first-order valence-electron chi connectivity index (χ1n) is 8.71. The standard InChI is InChI=1S/C20H15F3N2O5/c1-11(25-17(27)12-6-2-3-7-13(12)18(25)28)19(29)30-10-16(26)24-15-9-5-4-8-14(15)20(21,22)23/h2-9,11H,10H2,1H3,(H,24,26)/t11-/m0/s1. The number of alkyl halides is 3. The Labute approximate surface area is 168 Å². The van der Waals surface area contributed by atoms with Gasteiger partial charge in [-0.15, -0.1) is 0 Å². The molecule has 156 valence electrons. The zero-order valence-corrected chi connectivity index (χ0v) is 15.5. The summed E-state index contributed by atoms with van der Waals surface area (Å²) in [5.41, 5.74) is -1.25. The lowest BCUT2D eigenvalue weighted by Gasteiger charge is -2.21. The highest BCUT2D eigenvalue weighted by Gasteiger charge is 2.41. The number of carbonyl (C=O) groups is 4. The van der Waals surface area contributed by atoms with Crippen LogP contribution < -0.4 is 5.32 Å². The molecule has 0 aliphatic carbocycles. The maximum atomic E-state index is 13.0. The Hall–Kier alpha value is -3.69. The van der Waals surface area contributed by atoms with Gasteiger partial charge in [-0.2, -0.15) is 13.2 Å². The van der Waals surface area contributed by atoms with Crippen molar-refractivity contribution in [3.63, 3.8) is 0 Å². The second-order valence-electron chi connectivity index (χ2n) is 6.40. The highest BCUT2D eigenvalue weighted by molar-refractivity contribution is 6.22. The van der Waals surface area contributed by atoms with Gasteiger partial charge in [0.05, 0.1) is 22.4 Å². The van der Waals surface area contributed by atoms with E-state index in [2.05, 4.69) is 0 Å². The number of esters is 1. The van der Waals surface area contributed by atoms with E-state index < -0.39 is 53.8 Å². The number of para-hydroxylation sites is 1. The van der Waals surface area contributed by atoms with Crippen molar-refractivity contribution in [3.05, 3.63) is 65.2 Å². The smallest absolute Gasteiger partial charge is 0.418 e. The number of nitrogens with zero attached hydrogens (tertiary/aromatic N) is 1. The Balaban J connectivity index is 1.62. The second kappa shape index (κ2) is 7.97. The van der Waals surface area contributed by atoms with Crippen molar-refractivity contribution in [2.45, 2.75) is 19.1 Å². The third kappa shape index (κ3) is 4.02. The maximum Gasteiger partial charge on any atom is 0.418 e. The second-order valence-corrected chi connectivity index (χ2v) is 6.40. The van der Waals surface area contributed by atoms with Crippen LogP contribution in [0.15, 0.2) is 48.5 Å². The molecule has 2 aromatic carbocycles. The van der Waals surface area contributed by atoms with E-state index in [1.807, 2.05) is 5.32 Å². The number of fused-ring (bicyclic) bond motifs is 1. The van der Waals surface area contributed by atoms with E-state index in [-0.39, 0.29) is 11.1 Å². The molecule has 0 radical (unpaired) electrons. The fraction of sp³-hybridized carbons (Fsp3) is 0.200. The van der Waals surface area contributed by atoms with Gasteiger partial charge in [-0.3, -0.25) is 19.3 Å². The Kier molecular flexibility index (Phi) is 5.59. The predicted molar refractivity (Wildman–Crippen MR) is 97.4 cm³/mol. The molecule has 1 aliphatic rings. The zero-order valence-electron chi connectivity index (χ0n) is 15.5. The summed E-state index contributed by atoms with van der Waals surface area (Å²) in [4.78, 5) is 49.6. The van der Waals surface area contributed by atoms with Gasteiger partial charge in [0, 0.05) is 0 Å². The number of anilines is 1. The number of rotatable bonds is 5. The zero-order chi connectivity index (χ0) is 22.1. The normalized spacial score (nSPS) is 14.3. The van der Waals surface area contributed by atoms with E-state index in [0.717, 1.165) is 12.1 Å². The summed E-state index contributed by atoms with van der Waals surface area (Å²) in [5, 5.41) is 2.03. The van der Waals surface area contributed by atoms with Crippen molar-refractivity contribution in [1.82, 2.24) is 4.90 Å². The average molecular weight is 420 g/mol. The Morgan fingerprint density at radius 2 is 1.53 bits per heavy atom. The largest absolute Gasteiger partial charge is 0.454 e. The molecular formula is C20H15F3N2O5. The molecule has 0 bridgehead atoms. The van der Waals surface area contributed by atoms with Gasteiger partial charge in [-0.1, -0.05) is 24.3 Å². The first-order valence-corrected chi connectivity index (χ1v) is 8.71. The summed E-state index contributed by atoms with van der Waals surface area (Å²) in [6.07, 6.45) is -4.68. The average Bonchev–Trinajstić information content (AvgIpc) is 2.96. The van der Waals surface area contributed by atoms with Crippen LogP contribution in [0.2, 0.25) is 0 Å². The fourth-order valence-electron chi connectivity index (χ4n) is 2.95. The van der Waals surface area contributed by atoms with Crippen LogP contribution in [0.3, 0.4) is 0 Å². The van der Waals surface area contributed by atoms with E-state index in [1.165, 1.54) is 31.2 Å². The minimum absolute atomic E-state index is 0.142. The van der Waals surface area contributed by atoms with Gasteiger partial charge in [0.25, 0.3) is 17.7 Å². The molecule has 2 aromatic rings. The molecule has 3 amide bonds. The van der Waals surface area contributed by atoms with Crippen LogP contribution in [-0.4, -0.2) is 41.2 Å². The Morgan fingerprint density at radius 3 is 2.10 bits per heavy atom. The molecule has 30 heavy (non-hydrogen) atoms. The van der Waals surface area contributed by atoms with Crippen molar-refractivity contribution in [1.29, 1.82) is 0 Å². The maximum absolute atomic E-state index is 13.0. The van der Waals surface area contributed by atoms with E-state index in [0.29, 0.717) is 4.90 Å². The monoisotopic (exact) mass is 420 g/mol. The van der Waals surface area contributed by atoms with Gasteiger partial charge in [0.15, 0.2) is 6.61 Å². The van der Waals surface area contributed by atoms with Gasteiger partial charge in [0.2, 0.25) is 0 Å². The minimum Gasteiger partial charge on any atom is -0.454 e. The van der Waals surface area contributed by atoms with Gasteiger partial charge in [-0.05, 0) is 31.2 Å². The summed E-state index contributed by atoms with van der Waals surface area (Å²) in [6, 6.07) is 9.03. The van der Waals surface area contributed by atoms with E-state index >= 15 is 0 Å². The summed E-state index contributed by atoms with van der Waals surface area (Å²) in [5.74, 6) is -3.41. The minimum atomic E-state index is -4.68. The van der Waals surface area contributed by atoms with Gasteiger partial charge in [0.1, 0.15) is 6.04 Å². The first-order chi connectivity index (χ1) is 14.1. The molecule has 1 atom stereocenters. The number of nitrogens with one attached hydrogen (secondary N) is 1. The Morgan fingerprint density at radius 1 is 1.00 bits per heavy atom. The molecule has 0 aromatic heterocycles. The molecule has 1 aliphatic heterocycles. The number of halogens is 3. The number of hydrogen-bond donors (Lipinski definition) is 1. The van der Waals surface area contributed by atoms with Crippen molar-refractivity contribution in [2.75, 3.05) is 11.9 Å². The first kappa shape index (κ1) is 21.0. The summed E-state index contributed by atoms with van der Waals surface area (Å²) in [7, 11) is 0. The number of hydrogen-bond acceptors (Lipinski definition) is 5. The van der Waals surface area contributed by atoms with Gasteiger partial charge >= 0.3 is 12.1 Å². The third-order valence-corrected chi connectivity index (χ3v) is 4.41. The summed E-state index contributed by atoms with van der Waals surface area (Å²) in [6.45, 7) is 0.361. The van der Waals surface area contributed by atoms with Crippen LogP contribution in [0.4, 0.5) is 18.9 Å². The van der Waals surface area contributed by atoms with E-state index in [9.17, 15) is 32.3 Å². The molecule has 1 heterocycles. The summed E-state index contributed by atoms with van der Waals surface area (Å²) >= 11 is 0. The molecule has 7 nitrogen and oxygen atoms in total. The highest BCUT2D eigenvalue weighted by Crippen LogP contribution is 2.34. The van der Waals surface area contributed by atoms with E-state index in [1.54, 1.807) is 12.1 Å². The molecule has 3 rings (SSSR count). The SMILES string of the molecule is C[C@@H](C(=O)OCC(=O)Nc1ccccc1C(F)(F)F)N1C(=O)c2ccccc2C1=O. The van der Waals surface area contributed by atoms with Crippen LogP contribution in [-0.2, 0) is 20.5 Å². The van der Waals surface area contributed by atoms with Gasteiger partial charge in [-0.25, -0.2) is 4.79 Å². The Bertz CT molecular complexity index is 1000. The van der Waals surface area contributed by atoms with Crippen molar-refractivity contribution < 1.29 is 37.1 Å². The number of carbonyl (C=O) groups excluding carboxylic acids is 4. The number of benzene rings is 2. The fourth-order valence-corrected chi connectivity index (χ4v) is 2.95. The predicted octanol–water partition coefficient (Wildman–Crippen LogP) is 2.87. The highest BCUT2D eigenvalue weighted by atomic mass is 19.4. The topological polar surface area (TPSA) is 92.8 Å². The van der Waals surface area contributed by atoms with Crippen LogP contribution in [0.5, 0.6) is 0 Å². The molecular weight excluding hydrogens is 405 g/mol. The summed E-state index contributed by atoms with van der Waals surface area (Å²) < 4.78 is 43.7. The lowest BCUT2D eigenvalue weighted by atomic mass is 10.1. The number of ether oxygens (including phenoxy) is 1.